The fraction of sp³-hybridized carbons (Fsp3) is 0.444. The third-order valence-electron chi connectivity index (χ3n) is 1.85. The third kappa shape index (κ3) is 1.88. The van der Waals surface area contributed by atoms with Crippen LogP contribution >= 0.6 is 0 Å². The maximum absolute atomic E-state index is 11.7. The van der Waals surface area contributed by atoms with Crippen LogP contribution in [0.5, 0.6) is 0 Å². The molecule has 0 saturated heterocycles. The first-order valence-electron chi connectivity index (χ1n) is 4.12. The third-order valence-corrected chi connectivity index (χ3v) is 4.06. The molecule has 0 amide bonds. The largest absolute Gasteiger partial charge is 0.244 e. The Kier molecular flexibility index (Phi) is 2.71. The maximum atomic E-state index is 11.7. The molecular weight excluding hydrogens is 186 g/mol. The second-order valence-corrected chi connectivity index (χ2v) is 5.64. The smallest absolute Gasteiger partial charge is 0.198 e. The summed E-state index contributed by atoms with van der Waals surface area (Å²) in [5, 5.41) is -0.217. The van der Waals surface area contributed by atoms with Crippen molar-refractivity contribution in [2.24, 2.45) is 0 Å². The molecule has 72 valence electrons. The first-order valence-corrected chi connectivity index (χ1v) is 5.66. The number of sulfone groups is 1. The first kappa shape index (κ1) is 10.2. The van der Waals surface area contributed by atoms with Crippen molar-refractivity contribution in [3.63, 3.8) is 0 Å². The van der Waals surface area contributed by atoms with Crippen molar-refractivity contribution < 1.29 is 8.42 Å². The molecule has 0 radical (unpaired) electrons. The molecule has 13 heavy (non-hydrogen) atoms. The Morgan fingerprint density at radius 2 is 2.00 bits per heavy atom. The summed E-state index contributed by atoms with van der Waals surface area (Å²) in [5.74, 6) is 0. The van der Waals surface area contributed by atoms with Gasteiger partial charge in [0, 0.05) is 6.20 Å². The zero-order valence-corrected chi connectivity index (χ0v) is 8.80. The Labute approximate surface area is 78.7 Å². The predicted molar refractivity (Wildman–Crippen MR) is 51.3 cm³/mol. The van der Waals surface area contributed by atoms with E-state index in [9.17, 15) is 8.42 Å². The van der Waals surface area contributed by atoms with E-state index in [4.69, 9.17) is 0 Å². The van der Waals surface area contributed by atoms with E-state index in [0.29, 0.717) is 5.56 Å². The van der Waals surface area contributed by atoms with Gasteiger partial charge in [0.2, 0.25) is 0 Å². The van der Waals surface area contributed by atoms with Gasteiger partial charge in [0.1, 0.15) is 0 Å². The van der Waals surface area contributed by atoms with Crippen LogP contribution in [0.1, 0.15) is 19.4 Å². The average Bonchev–Trinajstić information content (AvgIpc) is 2.04. The van der Waals surface area contributed by atoms with Crippen LogP contribution in [-0.4, -0.2) is 18.7 Å². The van der Waals surface area contributed by atoms with Crippen LogP contribution < -0.4 is 0 Å². The van der Waals surface area contributed by atoms with Crippen molar-refractivity contribution >= 4 is 9.84 Å². The molecular formula is C9H13NO2S. The summed E-state index contributed by atoms with van der Waals surface area (Å²) in [6, 6.07) is 3.48. The zero-order valence-electron chi connectivity index (χ0n) is 7.98. The van der Waals surface area contributed by atoms with E-state index in [1.165, 1.54) is 6.20 Å². The SMILES string of the molecule is Cc1cccnc1S(=O)(=O)C(C)C. The minimum atomic E-state index is -3.22. The van der Waals surface area contributed by atoms with E-state index in [1.807, 2.05) is 0 Å². The van der Waals surface area contributed by atoms with Crippen molar-refractivity contribution in [2.75, 3.05) is 0 Å². The van der Waals surface area contributed by atoms with Crippen molar-refractivity contribution in [3.8, 4) is 0 Å². The lowest BCUT2D eigenvalue weighted by atomic mass is 10.3. The average molecular weight is 199 g/mol. The summed E-state index contributed by atoms with van der Waals surface area (Å²) in [6.07, 6.45) is 1.50. The molecule has 0 fully saturated rings. The van der Waals surface area contributed by atoms with Gasteiger partial charge in [0.15, 0.2) is 14.9 Å². The fourth-order valence-electron chi connectivity index (χ4n) is 0.992. The molecule has 0 unspecified atom stereocenters. The van der Waals surface area contributed by atoms with E-state index in [-0.39, 0.29) is 5.03 Å². The number of hydrogen-bond acceptors (Lipinski definition) is 3. The highest BCUT2D eigenvalue weighted by atomic mass is 32.2. The fourth-order valence-corrected chi connectivity index (χ4v) is 2.16. The number of pyridine rings is 1. The first-order chi connectivity index (χ1) is 5.96. The second kappa shape index (κ2) is 3.46. The summed E-state index contributed by atoms with van der Waals surface area (Å²) < 4.78 is 23.4. The standard InChI is InChI=1S/C9H13NO2S/c1-7(2)13(11,12)9-8(3)5-4-6-10-9/h4-7H,1-3H3. The van der Waals surface area contributed by atoms with Gasteiger partial charge in [-0.05, 0) is 32.4 Å². The summed E-state index contributed by atoms with van der Waals surface area (Å²) >= 11 is 0. The van der Waals surface area contributed by atoms with Crippen LogP contribution in [0, 0.1) is 6.92 Å². The molecule has 0 aliphatic rings. The van der Waals surface area contributed by atoms with Crippen LogP contribution in [-0.2, 0) is 9.84 Å². The highest BCUT2D eigenvalue weighted by molar-refractivity contribution is 7.92. The van der Waals surface area contributed by atoms with Crippen LogP contribution in [0.15, 0.2) is 23.4 Å². The van der Waals surface area contributed by atoms with Crippen molar-refractivity contribution in [3.05, 3.63) is 23.9 Å². The Morgan fingerprint density at radius 1 is 1.38 bits per heavy atom. The Morgan fingerprint density at radius 3 is 2.46 bits per heavy atom. The van der Waals surface area contributed by atoms with Gasteiger partial charge < -0.3 is 0 Å². The normalized spacial score (nSPS) is 12.0. The van der Waals surface area contributed by atoms with Crippen molar-refractivity contribution in [1.29, 1.82) is 0 Å². The summed E-state index contributed by atoms with van der Waals surface area (Å²) in [6.45, 7) is 5.06. The molecule has 0 aromatic carbocycles. The van der Waals surface area contributed by atoms with E-state index >= 15 is 0 Å². The van der Waals surface area contributed by atoms with Crippen molar-refractivity contribution in [1.82, 2.24) is 4.98 Å². The van der Waals surface area contributed by atoms with Crippen LogP contribution in [0.25, 0.3) is 0 Å². The van der Waals surface area contributed by atoms with Gasteiger partial charge >= 0.3 is 0 Å². The Balaban J connectivity index is 3.32. The van der Waals surface area contributed by atoms with Crippen LogP contribution in [0.4, 0.5) is 0 Å². The van der Waals surface area contributed by atoms with Gasteiger partial charge in [-0.2, -0.15) is 0 Å². The molecule has 0 atom stereocenters. The van der Waals surface area contributed by atoms with Gasteiger partial charge in [0.25, 0.3) is 0 Å². The van der Waals surface area contributed by atoms with E-state index in [1.54, 1.807) is 32.9 Å². The lowest BCUT2D eigenvalue weighted by molar-refractivity contribution is 0.582. The quantitative estimate of drug-likeness (QED) is 0.726. The van der Waals surface area contributed by atoms with Crippen molar-refractivity contribution in [2.45, 2.75) is 31.0 Å². The zero-order chi connectivity index (χ0) is 10.1. The molecule has 0 spiro atoms. The summed E-state index contributed by atoms with van der Waals surface area (Å²) in [4.78, 5) is 3.88. The lowest BCUT2D eigenvalue weighted by Gasteiger charge is -2.08. The number of hydrogen-bond donors (Lipinski definition) is 0. The number of aromatic nitrogens is 1. The minimum Gasteiger partial charge on any atom is -0.244 e. The number of nitrogens with zero attached hydrogens (tertiary/aromatic N) is 1. The summed E-state index contributed by atoms with van der Waals surface area (Å²) in [7, 11) is -3.22. The van der Waals surface area contributed by atoms with E-state index in [0.717, 1.165) is 0 Å². The van der Waals surface area contributed by atoms with E-state index in [2.05, 4.69) is 4.98 Å². The van der Waals surface area contributed by atoms with Crippen LogP contribution in [0.2, 0.25) is 0 Å². The molecule has 1 aromatic rings. The molecule has 0 bridgehead atoms. The predicted octanol–water partition coefficient (Wildman–Crippen LogP) is 1.57. The Bertz CT molecular complexity index is 396. The van der Waals surface area contributed by atoms with Crippen LogP contribution in [0.3, 0.4) is 0 Å². The molecule has 0 saturated carbocycles. The molecule has 1 rings (SSSR count). The monoisotopic (exact) mass is 199 g/mol. The molecule has 0 aliphatic heterocycles. The molecule has 1 heterocycles. The highest BCUT2D eigenvalue weighted by Gasteiger charge is 2.21. The molecule has 0 aliphatic carbocycles. The lowest BCUT2D eigenvalue weighted by Crippen LogP contribution is -2.16. The maximum Gasteiger partial charge on any atom is 0.198 e. The highest BCUT2D eigenvalue weighted by Crippen LogP contribution is 2.16. The number of aryl methyl sites for hydroxylation is 1. The van der Waals surface area contributed by atoms with Gasteiger partial charge in [0.05, 0.1) is 5.25 Å². The van der Waals surface area contributed by atoms with Gasteiger partial charge in [-0.1, -0.05) is 6.07 Å². The molecule has 4 heteroatoms. The number of rotatable bonds is 2. The topological polar surface area (TPSA) is 47.0 Å². The van der Waals surface area contributed by atoms with Gasteiger partial charge in [-0.15, -0.1) is 0 Å². The molecule has 1 aromatic heterocycles. The van der Waals surface area contributed by atoms with Gasteiger partial charge in [-0.25, -0.2) is 13.4 Å². The van der Waals surface area contributed by atoms with Gasteiger partial charge in [-0.3, -0.25) is 0 Å². The molecule has 3 nitrogen and oxygen atoms in total. The summed E-state index contributed by atoms with van der Waals surface area (Å²) in [5.41, 5.74) is 0.705. The molecule has 0 N–H and O–H groups in total. The Hall–Kier alpha value is -0.900. The minimum absolute atomic E-state index is 0.199. The van der Waals surface area contributed by atoms with E-state index < -0.39 is 15.1 Å². The second-order valence-electron chi connectivity index (χ2n) is 3.22.